The normalized spacial score (nSPS) is 12.3. The van der Waals surface area contributed by atoms with Gasteiger partial charge in [-0.15, -0.1) is 0 Å². The van der Waals surface area contributed by atoms with Crippen molar-refractivity contribution in [1.29, 1.82) is 0 Å². The molecule has 0 atom stereocenters. The number of aromatic nitrogens is 4. The van der Waals surface area contributed by atoms with Crippen LogP contribution >= 0.6 is 0 Å². The maximum Gasteiger partial charge on any atom is 0.237 e. The Morgan fingerprint density at radius 3 is 1.90 bits per heavy atom. The Morgan fingerprint density at radius 2 is 1.31 bits per heavy atom. The first-order chi connectivity index (χ1) is 18.7. The van der Waals surface area contributed by atoms with Crippen molar-refractivity contribution in [3.05, 3.63) is 71.8 Å². The average molecular weight is 558 g/mol. The lowest BCUT2D eigenvalue weighted by atomic mass is 10.1. The third kappa shape index (κ3) is 10.2. The molecule has 1 aromatic carbocycles. The van der Waals surface area contributed by atoms with Gasteiger partial charge in [0.1, 0.15) is 11.6 Å². The third-order valence-electron chi connectivity index (χ3n) is 6.91. The van der Waals surface area contributed by atoms with Crippen molar-refractivity contribution in [3.8, 4) is 0 Å². The molecule has 216 valence electrons. The molecule has 0 unspecified atom stereocenters. The van der Waals surface area contributed by atoms with Gasteiger partial charge in [0.05, 0.1) is 19.3 Å². The molecule has 2 heterocycles. The highest BCUT2D eigenvalue weighted by atomic mass is 32.2. The van der Waals surface area contributed by atoms with Crippen LogP contribution in [0.1, 0.15) is 62.3 Å². The van der Waals surface area contributed by atoms with Gasteiger partial charge in [0.25, 0.3) is 0 Å². The molecular weight excluding hydrogens is 510 g/mol. The summed E-state index contributed by atoms with van der Waals surface area (Å²) in [5.74, 6) is 1.41. The lowest BCUT2D eigenvalue weighted by Crippen LogP contribution is -2.27. The first-order valence-electron chi connectivity index (χ1n) is 14.1. The molecule has 0 bridgehead atoms. The second kappa shape index (κ2) is 15.3. The van der Waals surface area contributed by atoms with E-state index in [0.717, 1.165) is 18.9 Å². The van der Waals surface area contributed by atoms with Gasteiger partial charge in [-0.2, -0.15) is 0 Å². The summed E-state index contributed by atoms with van der Waals surface area (Å²) in [4.78, 5) is 16.0. The Balaban J connectivity index is 1.57. The summed E-state index contributed by atoms with van der Waals surface area (Å²) in [5.41, 5.74) is 2.46. The second-order valence-electron chi connectivity index (χ2n) is 10.6. The molecule has 9 nitrogen and oxygen atoms in total. The predicted octanol–water partition coefficient (Wildman–Crippen LogP) is 3.96. The fourth-order valence-corrected chi connectivity index (χ4v) is 5.70. The summed E-state index contributed by atoms with van der Waals surface area (Å²) in [6, 6.07) is 8.74. The second-order valence-corrected chi connectivity index (χ2v) is 12.5. The zero-order valence-electron chi connectivity index (χ0n) is 24.5. The van der Waals surface area contributed by atoms with Crippen LogP contribution in [-0.2, 0) is 43.2 Å². The van der Waals surface area contributed by atoms with Crippen LogP contribution in [0.15, 0.2) is 49.1 Å². The number of aryl methyl sites for hydroxylation is 1. The largest absolute Gasteiger partial charge is 0.337 e. The highest BCUT2D eigenvalue weighted by Gasteiger charge is 2.17. The molecule has 39 heavy (non-hydrogen) atoms. The number of benzene rings is 1. The van der Waals surface area contributed by atoms with E-state index in [2.05, 4.69) is 69.8 Å². The van der Waals surface area contributed by atoms with Crippen molar-refractivity contribution in [2.75, 3.05) is 39.5 Å². The van der Waals surface area contributed by atoms with Crippen molar-refractivity contribution in [3.63, 3.8) is 0 Å². The van der Waals surface area contributed by atoms with Crippen molar-refractivity contribution >= 4 is 10.0 Å². The summed E-state index contributed by atoms with van der Waals surface area (Å²) in [6.07, 6.45) is 12.8. The maximum absolute atomic E-state index is 12.2. The van der Waals surface area contributed by atoms with Gasteiger partial charge in [-0.3, -0.25) is 4.90 Å². The van der Waals surface area contributed by atoms with Crippen molar-refractivity contribution in [2.24, 2.45) is 7.05 Å². The van der Waals surface area contributed by atoms with Gasteiger partial charge in [-0.05, 0) is 70.0 Å². The fraction of sp³-hybridized carbons (Fsp3) is 0.586. The van der Waals surface area contributed by atoms with Crippen LogP contribution in [0, 0.1) is 0 Å². The molecule has 0 spiro atoms. The number of hydrogen-bond donors (Lipinski definition) is 0. The van der Waals surface area contributed by atoms with Gasteiger partial charge < -0.3 is 14.4 Å². The molecule has 0 amide bonds. The Morgan fingerprint density at radius 1 is 0.744 bits per heavy atom. The van der Waals surface area contributed by atoms with E-state index in [0.29, 0.717) is 25.5 Å². The molecule has 0 saturated carbocycles. The molecule has 0 N–H and O–H groups in total. The van der Waals surface area contributed by atoms with Crippen LogP contribution < -0.4 is 0 Å². The lowest BCUT2D eigenvalue weighted by molar-refractivity contribution is 0.232. The predicted molar refractivity (Wildman–Crippen MR) is 158 cm³/mol. The zero-order chi connectivity index (χ0) is 28.3. The van der Waals surface area contributed by atoms with Gasteiger partial charge in [0.2, 0.25) is 10.0 Å². The lowest BCUT2D eigenvalue weighted by Gasteiger charge is -2.23. The summed E-state index contributed by atoms with van der Waals surface area (Å²) in [6.45, 7) is 11.8. The number of imidazole rings is 2. The SMILES string of the molecule is CCCN(CCC)CCCCN(C)Cc1ccc(CN(Cc2nccn2C)Cc2nccn2S(C)(=O)=O)cc1. The number of nitrogens with zero attached hydrogens (tertiary/aromatic N) is 7. The number of hydrogen-bond acceptors (Lipinski definition) is 7. The monoisotopic (exact) mass is 557 g/mol. The van der Waals surface area contributed by atoms with E-state index in [4.69, 9.17) is 0 Å². The number of rotatable bonds is 18. The molecular formula is C29H47N7O2S. The van der Waals surface area contributed by atoms with Gasteiger partial charge in [0, 0.05) is 44.9 Å². The number of unbranched alkanes of at least 4 members (excludes halogenated alkanes) is 1. The van der Waals surface area contributed by atoms with Crippen LogP contribution in [0.5, 0.6) is 0 Å². The molecule has 10 heteroatoms. The van der Waals surface area contributed by atoms with Gasteiger partial charge in [-0.25, -0.2) is 22.4 Å². The topological polar surface area (TPSA) is 79.5 Å². The van der Waals surface area contributed by atoms with Crippen LogP contribution in [0.3, 0.4) is 0 Å². The van der Waals surface area contributed by atoms with Crippen molar-refractivity contribution in [1.82, 2.24) is 33.2 Å². The smallest absolute Gasteiger partial charge is 0.237 e. The first kappa shape index (κ1) is 31.0. The minimum Gasteiger partial charge on any atom is -0.337 e. The van der Waals surface area contributed by atoms with E-state index in [-0.39, 0.29) is 0 Å². The third-order valence-corrected chi connectivity index (χ3v) is 7.96. The molecule has 2 aromatic heterocycles. The van der Waals surface area contributed by atoms with E-state index < -0.39 is 10.0 Å². The molecule has 0 fully saturated rings. The molecule has 0 saturated heterocycles. The molecule has 3 rings (SSSR count). The standard InChI is InChI=1S/C29H47N7O2S/c1-6-16-34(17-7-2)19-9-8-18-32(3)22-26-10-12-27(13-11-26)23-35(24-28-30-14-20-33(28)4)25-29-31-15-21-36(29)39(5,37)38/h10-15,20-21H,6-9,16-19,22-25H2,1-5H3. The Labute approximate surface area is 235 Å². The summed E-state index contributed by atoms with van der Waals surface area (Å²) < 4.78 is 27.6. The summed E-state index contributed by atoms with van der Waals surface area (Å²) >= 11 is 0. The summed E-state index contributed by atoms with van der Waals surface area (Å²) in [7, 11) is 0.750. The van der Waals surface area contributed by atoms with E-state index in [9.17, 15) is 8.42 Å². The Kier molecular flexibility index (Phi) is 12.2. The minimum atomic E-state index is -3.41. The summed E-state index contributed by atoms with van der Waals surface area (Å²) in [5, 5.41) is 0. The molecule has 0 aliphatic carbocycles. The van der Waals surface area contributed by atoms with Gasteiger partial charge >= 0.3 is 0 Å². The molecule has 3 aromatic rings. The molecule has 0 radical (unpaired) electrons. The van der Waals surface area contributed by atoms with E-state index >= 15 is 0 Å². The highest BCUT2D eigenvalue weighted by Crippen LogP contribution is 2.15. The average Bonchev–Trinajstić information content (AvgIpc) is 3.52. The van der Waals surface area contributed by atoms with E-state index in [1.807, 2.05) is 17.8 Å². The van der Waals surface area contributed by atoms with Crippen molar-refractivity contribution < 1.29 is 8.42 Å². The zero-order valence-corrected chi connectivity index (χ0v) is 25.3. The van der Waals surface area contributed by atoms with Crippen LogP contribution in [-0.4, -0.2) is 81.1 Å². The van der Waals surface area contributed by atoms with Gasteiger partial charge in [0.15, 0.2) is 0 Å². The quantitative estimate of drug-likeness (QED) is 0.219. The highest BCUT2D eigenvalue weighted by molar-refractivity contribution is 7.89. The molecule has 0 aliphatic heterocycles. The van der Waals surface area contributed by atoms with Gasteiger partial charge in [-0.1, -0.05) is 38.1 Å². The Hall–Kier alpha value is -2.53. The van der Waals surface area contributed by atoms with Crippen LogP contribution in [0.2, 0.25) is 0 Å². The van der Waals surface area contributed by atoms with Crippen molar-refractivity contribution in [2.45, 2.75) is 65.7 Å². The van der Waals surface area contributed by atoms with E-state index in [1.54, 1.807) is 6.20 Å². The molecule has 0 aliphatic rings. The minimum absolute atomic E-state index is 0.394. The van der Waals surface area contributed by atoms with Crippen LogP contribution in [0.4, 0.5) is 0 Å². The van der Waals surface area contributed by atoms with Crippen LogP contribution in [0.25, 0.3) is 0 Å². The Bertz CT molecular complexity index is 1210. The first-order valence-corrected chi connectivity index (χ1v) is 15.9. The maximum atomic E-state index is 12.2. The fourth-order valence-electron chi connectivity index (χ4n) is 4.94. The van der Waals surface area contributed by atoms with E-state index in [1.165, 1.54) is 79.1 Å².